The summed E-state index contributed by atoms with van der Waals surface area (Å²) in [6, 6.07) is 4.39. The Balaban J connectivity index is 2.73. The molecule has 0 bridgehead atoms. The van der Waals surface area contributed by atoms with E-state index in [2.05, 4.69) is 17.2 Å². The maximum absolute atomic E-state index is 11.4. The van der Waals surface area contributed by atoms with Gasteiger partial charge in [-0.2, -0.15) is 0 Å². The number of amides is 1. The second-order valence-corrected chi connectivity index (χ2v) is 5.38. The molecule has 0 heterocycles. The first kappa shape index (κ1) is 17.4. The molecular weight excluding hydrogens is 286 g/mol. The zero-order valence-corrected chi connectivity index (χ0v) is 13.0. The van der Waals surface area contributed by atoms with Crippen molar-refractivity contribution in [3.63, 3.8) is 0 Å². The summed E-state index contributed by atoms with van der Waals surface area (Å²) >= 11 is 0. The average Bonchev–Trinajstić information content (AvgIpc) is 2.41. The number of hydrogen-bond acceptors (Lipinski definition) is 4. The zero-order valence-electron chi connectivity index (χ0n) is 13.0. The summed E-state index contributed by atoms with van der Waals surface area (Å²) in [5.74, 6) is 4.92. The molecule has 1 amide bonds. The van der Waals surface area contributed by atoms with Gasteiger partial charge in [0.25, 0.3) is 0 Å². The van der Waals surface area contributed by atoms with Gasteiger partial charge in [0, 0.05) is 0 Å². The number of methoxy groups -OCH3 is 1. The highest BCUT2D eigenvalue weighted by Crippen LogP contribution is 2.18. The molecule has 1 aromatic carbocycles. The van der Waals surface area contributed by atoms with E-state index < -0.39 is 17.7 Å². The van der Waals surface area contributed by atoms with Gasteiger partial charge in [-0.1, -0.05) is 11.8 Å². The van der Waals surface area contributed by atoms with Gasteiger partial charge in [0.15, 0.2) is 0 Å². The standard InChI is InChI=1S/C16H19NO5/c1-16(2,3)22-15(20)17-9-5-6-11-10-12(14(18)19)7-8-13(11)21-4/h7-8,10H,9H2,1-4H3,(H,17,20)(H,18,19). The Morgan fingerprint density at radius 3 is 2.55 bits per heavy atom. The van der Waals surface area contributed by atoms with Gasteiger partial charge in [-0.05, 0) is 39.0 Å². The lowest BCUT2D eigenvalue weighted by Gasteiger charge is -2.19. The summed E-state index contributed by atoms with van der Waals surface area (Å²) in [6.07, 6.45) is -0.562. The molecule has 6 nitrogen and oxygen atoms in total. The van der Waals surface area contributed by atoms with E-state index in [0.717, 1.165) is 0 Å². The molecule has 0 unspecified atom stereocenters. The monoisotopic (exact) mass is 305 g/mol. The minimum atomic E-state index is -1.04. The summed E-state index contributed by atoms with van der Waals surface area (Å²) < 4.78 is 10.2. The lowest BCUT2D eigenvalue weighted by atomic mass is 10.1. The van der Waals surface area contributed by atoms with E-state index in [-0.39, 0.29) is 12.1 Å². The van der Waals surface area contributed by atoms with Crippen LogP contribution in [-0.2, 0) is 4.74 Å². The van der Waals surface area contributed by atoms with Gasteiger partial charge < -0.3 is 19.9 Å². The van der Waals surface area contributed by atoms with Crippen LogP contribution >= 0.6 is 0 Å². The molecule has 0 radical (unpaired) electrons. The second-order valence-electron chi connectivity index (χ2n) is 5.38. The molecule has 6 heteroatoms. The first-order valence-electron chi connectivity index (χ1n) is 6.60. The van der Waals surface area contributed by atoms with Crippen LogP contribution in [0, 0.1) is 11.8 Å². The van der Waals surface area contributed by atoms with Crippen molar-refractivity contribution in [2.75, 3.05) is 13.7 Å². The fourth-order valence-corrected chi connectivity index (χ4v) is 1.51. The van der Waals surface area contributed by atoms with Crippen molar-refractivity contribution in [1.82, 2.24) is 5.32 Å². The highest BCUT2D eigenvalue weighted by Gasteiger charge is 2.15. The minimum Gasteiger partial charge on any atom is -0.495 e. The van der Waals surface area contributed by atoms with Crippen molar-refractivity contribution in [1.29, 1.82) is 0 Å². The molecular formula is C16H19NO5. The smallest absolute Gasteiger partial charge is 0.408 e. The molecule has 0 saturated carbocycles. The lowest BCUT2D eigenvalue weighted by Crippen LogP contribution is -2.32. The number of carboxylic acids is 1. The highest BCUT2D eigenvalue weighted by molar-refractivity contribution is 5.88. The largest absolute Gasteiger partial charge is 0.495 e. The van der Waals surface area contributed by atoms with Gasteiger partial charge in [-0.25, -0.2) is 9.59 Å². The number of rotatable bonds is 3. The minimum absolute atomic E-state index is 0.0787. The third-order valence-electron chi connectivity index (χ3n) is 2.39. The number of nitrogens with one attached hydrogen (secondary N) is 1. The van der Waals surface area contributed by atoms with Gasteiger partial charge in [-0.3, -0.25) is 0 Å². The van der Waals surface area contributed by atoms with Crippen molar-refractivity contribution < 1.29 is 24.2 Å². The van der Waals surface area contributed by atoms with E-state index >= 15 is 0 Å². The summed E-state index contributed by atoms with van der Waals surface area (Å²) in [5.41, 5.74) is -0.0186. The maximum atomic E-state index is 11.4. The number of alkyl carbamates (subject to hydrolysis) is 1. The van der Waals surface area contributed by atoms with E-state index in [0.29, 0.717) is 11.3 Å². The molecule has 118 valence electrons. The number of benzene rings is 1. The third-order valence-corrected chi connectivity index (χ3v) is 2.39. The zero-order chi connectivity index (χ0) is 16.8. The maximum Gasteiger partial charge on any atom is 0.408 e. The molecule has 0 aliphatic carbocycles. The molecule has 0 aromatic heterocycles. The molecule has 1 rings (SSSR count). The normalized spacial score (nSPS) is 10.2. The van der Waals surface area contributed by atoms with Crippen molar-refractivity contribution in [2.24, 2.45) is 0 Å². The second kappa shape index (κ2) is 7.36. The third kappa shape index (κ3) is 5.75. The van der Waals surface area contributed by atoms with Crippen molar-refractivity contribution in [3.8, 4) is 17.6 Å². The molecule has 22 heavy (non-hydrogen) atoms. The Kier molecular flexibility index (Phi) is 5.81. The molecule has 0 saturated heterocycles. The van der Waals surface area contributed by atoms with Crippen molar-refractivity contribution in [2.45, 2.75) is 26.4 Å². The number of carbonyl (C=O) groups is 2. The first-order chi connectivity index (χ1) is 10.2. The van der Waals surface area contributed by atoms with Gasteiger partial charge >= 0.3 is 12.1 Å². The number of aromatic carboxylic acids is 1. The lowest BCUT2D eigenvalue weighted by molar-refractivity contribution is 0.0534. The Hall–Kier alpha value is -2.68. The van der Waals surface area contributed by atoms with E-state index in [1.165, 1.54) is 25.3 Å². The van der Waals surface area contributed by atoms with E-state index in [1.54, 1.807) is 20.8 Å². The van der Waals surface area contributed by atoms with Crippen LogP contribution in [0.5, 0.6) is 5.75 Å². The number of carboxylic acid groups (broad SMARTS) is 1. The Bertz CT molecular complexity index is 620. The van der Waals surface area contributed by atoms with Crippen molar-refractivity contribution >= 4 is 12.1 Å². The first-order valence-corrected chi connectivity index (χ1v) is 6.60. The molecule has 1 aromatic rings. The topological polar surface area (TPSA) is 84.9 Å². The van der Waals surface area contributed by atoms with Crippen LogP contribution in [0.25, 0.3) is 0 Å². The van der Waals surface area contributed by atoms with Crippen molar-refractivity contribution in [3.05, 3.63) is 29.3 Å². The Morgan fingerprint density at radius 1 is 1.32 bits per heavy atom. The molecule has 0 atom stereocenters. The predicted molar refractivity (Wildman–Crippen MR) is 81.1 cm³/mol. The summed E-state index contributed by atoms with van der Waals surface area (Å²) in [4.78, 5) is 22.4. The van der Waals surface area contributed by atoms with Crippen LogP contribution in [0.3, 0.4) is 0 Å². The van der Waals surface area contributed by atoms with Gasteiger partial charge in [0.1, 0.15) is 11.4 Å². The van der Waals surface area contributed by atoms with Crippen LogP contribution in [0.15, 0.2) is 18.2 Å². The summed E-state index contributed by atoms with van der Waals surface area (Å²) in [7, 11) is 1.47. The summed E-state index contributed by atoms with van der Waals surface area (Å²) in [6.45, 7) is 5.37. The quantitative estimate of drug-likeness (QED) is 0.837. The molecule has 0 spiro atoms. The summed E-state index contributed by atoms with van der Waals surface area (Å²) in [5, 5.41) is 11.5. The molecule has 0 fully saturated rings. The number of ether oxygens (including phenoxy) is 2. The van der Waals surface area contributed by atoms with Crippen LogP contribution in [0.4, 0.5) is 4.79 Å². The van der Waals surface area contributed by atoms with Crippen LogP contribution < -0.4 is 10.1 Å². The Labute approximate surface area is 129 Å². The van der Waals surface area contributed by atoms with Gasteiger partial charge in [0.05, 0.1) is 24.8 Å². The Morgan fingerprint density at radius 2 is 2.00 bits per heavy atom. The fourth-order valence-electron chi connectivity index (χ4n) is 1.51. The SMILES string of the molecule is COc1ccc(C(=O)O)cc1C#CCNC(=O)OC(C)(C)C. The average molecular weight is 305 g/mol. The highest BCUT2D eigenvalue weighted by atomic mass is 16.6. The van der Waals surface area contributed by atoms with Crippen LogP contribution in [0.1, 0.15) is 36.7 Å². The fraction of sp³-hybridized carbons (Fsp3) is 0.375. The molecule has 0 aliphatic heterocycles. The van der Waals surface area contributed by atoms with Crippen LogP contribution in [-0.4, -0.2) is 36.4 Å². The van der Waals surface area contributed by atoms with E-state index in [4.69, 9.17) is 14.6 Å². The molecule has 0 aliphatic rings. The predicted octanol–water partition coefficient (Wildman–Crippen LogP) is 2.27. The molecule has 2 N–H and O–H groups in total. The number of hydrogen-bond donors (Lipinski definition) is 2. The van der Waals surface area contributed by atoms with E-state index in [1.807, 2.05) is 0 Å². The van der Waals surface area contributed by atoms with Crippen LogP contribution in [0.2, 0.25) is 0 Å². The van der Waals surface area contributed by atoms with E-state index in [9.17, 15) is 9.59 Å². The number of carbonyl (C=O) groups excluding carboxylic acids is 1. The van der Waals surface area contributed by atoms with Gasteiger partial charge in [-0.15, -0.1) is 0 Å². The van der Waals surface area contributed by atoms with Gasteiger partial charge in [0.2, 0.25) is 0 Å².